The van der Waals surface area contributed by atoms with Gasteiger partial charge in [0.05, 0.1) is 21.3 Å². The van der Waals surface area contributed by atoms with Crippen LogP contribution in [0.2, 0.25) is 0 Å². The average molecular weight is 458 g/mol. The first-order valence-electron chi connectivity index (χ1n) is 9.00. The van der Waals surface area contributed by atoms with E-state index in [0.717, 1.165) is 0 Å². The number of carbonyl (C=O) groups is 1. The molecular formula is C21H19N3O5S2. The van der Waals surface area contributed by atoms with Crippen LogP contribution in [0.25, 0.3) is 0 Å². The van der Waals surface area contributed by atoms with Gasteiger partial charge in [0.25, 0.3) is 5.91 Å². The predicted octanol–water partition coefficient (Wildman–Crippen LogP) is 1.94. The van der Waals surface area contributed by atoms with Crippen molar-refractivity contribution in [2.45, 2.75) is 9.79 Å². The van der Waals surface area contributed by atoms with Gasteiger partial charge >= 0.3 is 0 Å². The Kier molecular flexibility index (Phi) is 6.64. The molecule has 31 heavy (non-hydrogen) atoms. The summed E-state index contributed by atoms with van der Waals surface area (Å²) in [6.45, 7) is 0. The molecule has 3 N–H and O–H groups in total. The number of hydrogen-bond donors (Lipinski definition) is 2. The maximum atomic E-state index is 12.8. The van der Waals surface area contributed by atoms with Crippen LogP contribution in [0.1, 0.15) is 15.9 Å². The Morgan fingerprint density at radius 3 is 1.84 bits per heavy atom. The molecule has 0 atom stereocenters. The summed E-state index contributed by atoms with van der Waals surface area (Å²) in [5.41, 5.74) is 3.15. The van der Waals surface area contributed by atoms with E-state index in [1.54, 1.807) is 48.5 Å². The van der Waals surface area contributed by atoms with E-state index in [2.05, 4.69) is 10.5 Å². The molecule has 0 aliphatic heterocycles. The zero-order valence-electron chi connectivity index (χ0n) is 16.2. The number of benzene rings is 3. The van der Waals surface area contributed by atoms with E-state index in [4.69, 9.17) is 5.14 Å². The van der Waals surface area contributed by atoms with Crippen molar-refractivity contribution < 1.29 is 21.6 Å². The summed E-state index contributed by atoms with van der Waals surface area (Å²) in [5.74, 6) is -1.06. The number of carbonyl (C=O) groups excluding carboxylic acids is 1. The summed E-state index contributed by atoms with van der Waals surface area (Å²) in [7, 11) is -7.58. The highest BCUT2D eigenvalue weighted by Gasteiger charge is 2.19. The number of primary sulfonamides is 1. The molecule has 0 saturated heterocycles. The smallest absolute Gasteiger partial charge is 0.267 e. The van der Waals surface area contributed by atoms with Crippen LogP contribution in [0.15, 0.2) is 99.8 Å². The number of nitrogens with one attached hydrogen (secondary N) is 1. The fourth-order valence-corrected chi connectivity index (χ4v) is 4.53. The predicted molar refractivity (Wildman–Crippen MR) is 117 cm³/mol. The molecule has 0 fully saturated rings. The highest BCUT2D eigenvalue weighted by molar-refractivity contribution is 7.92. The van der Waals surface area contributed by atoms with Crippen molar-refractivity contribution in [3.63, 3.8) is 0 Å². The molecule has 0 aliphatic carbocycles. The lowest BCUT2D eigenvalue weighted by Gasteiger charge is -2.09. The van der Waals surface area contributed by atoms with Crippen molar-refractivity contribution in [1.82, 2.24) is 5.43 Å². The number of sulfone groups is 1. The van der Waals surface area contributed by atoms with Gasteiger partial charge in [-0.25, -0.2) is 27.4 Å². The Bertz CT molecular complexity index is 1300. The average Bonchev–Trinajstić information content (AvgIpc) is 2.77. The fraction of sp³-hybridized carbons (Fsp3) is 0.0476. The van der Waals surface area contributed by atoms with E-state index >= 15 is 0 Å². The molecule has 0 bridgehead atoms. The van der Waals surface area contributed by atoms with Crippen LogP contribution in [-0.2, 0) is 19.9 Å². The molecule has 0 saturated carbocycles. The molecule has 8 nitrogen and oxygen atoms in total. The van der Waals surface area contributed by atoms with E-state index in [0.29, 0.717) is 5.56 Å². The SMILES string of the molecule is NS(=O)(=O)c1ccc(C(=O)N/N=C(/CS(=O)(=O)c2ccccc2)c2ccccc2)cc1. The van der Waals surface area contributed by atoms with Gasteiger partial charge in [-0.05, 0) is 42.0 Å². The van der Waals surface area contributed by atoms with Crippen molar-refractivity contribution in [3.05, 3.63) is 96.1 Å². The molecule has 0 aliphatic rings. The van der Waals surface area contributed by atoms with Crippen molar-refractivity contribution in [2.75, 3.05) is 5.75 Å². The van der Waals surface area contributed by atoms with Crippen molar-refractivity contribution >= 4 is 31.5 Å². The van der Waals surface area contributed by atoms with Gasteiger partial charge in [-0.15, -0.1) is 0 Å². The molecule has 1 amide bonds. The number of sulfonamides is 1. The summed E-state index contributed by atoms with van der Waals surface area (Å²) < 4.78 is 48.3. The maximum Gasteiger partial charge on any atom is 0.271 e. The molecule has 0 radical (unpaired) electrons. The molecule has 0 aromatic heterocycles. The van der Waals surface area contributed by atoms with Gasteiger partial charge in [-0.3, -0.25) is 4.79 Å². The number of hydrogen-bond acceptors (Lipinski definition) is 6. The van der Waals surface area contributed by atoms with E-state index in [-0.39, 0.29) is 21.1 Å². The van der Waals surface area contributed by atoms with Crippen molar-refractivity contribution in [1.29, 1.82) is 0 Å². The van der Waals surface area contributed by atoms with Crippen LogP contribution in [0.4, 0.5) is 0 Å². The second-order valence-electron chi connectivity index (χ2n) is 6.51. The van der Waals surface area contributed by atoms with Gasteiger partial charge in [-0.2, -0.15) is 5.10 Å². The zero-order valence-corrected chi connectivity index (χ0v) is 17.8. The molecule has 0 unspecified atom stereocenters. The summed E-state index contributed by atoms with van der Waals surface area (Å²) in [6.07, 6.45) is 0. The Balaban J connectivity index is 1.87. The third-order valence-electron chi connectivity index (χ3n) is 4.27. The van der Waals surface area contributed by atoms with Gasteiger partial charge in [0.1, 0.15) is 0 Å². The second kappa shape index (κ2) is 9.21. The normalized spacial score (nSPS) is 12.4. The Morgan fingerprint density at radius 2 is 1.29 bits per heavy atom. The third-order valence-corrected chi connectivity index (χ3v) is 6.85. The van der Waals surface area contributed by atoms with Crippen LogP contribution >= 0.6 is 0 Å². The molecular weight excluding hydrogens is 438 g/mol. The fourth-order valence-electron chi connectivity index (χ4n) is 2.68. The van der Waals surface area contributed by atoms with Crippen LogP contribution in [0, 0.1) is 0 Å². The highest BCUT2D eigenvalue weighted by atomic mass is 32.2. The first kappa shape index (κ1) is 22.3. The highest BCUT2D eigenvalue weighted by Crippen LogP contribution is 2.14. The van der Waals surface area contributed by atoms with Crippen LogP contribution in [-0.4, -0.2) is 34.2 Å². The monoisotopic (exact) mass is 457 g/mol. The summed E-state index contributed by atoms with van der Waals surface area (Å²) in [6, 6.07) is 21.5. The van der Waals surface area contributed by atoms with Crippen LogP contribution in [0.3, 0.4) is 0 Å². The van der Waals surface area contributed by atoms with Gasteiger partial charge in [0.15, 0.2) is 9.84 Å². The van der Waals surface area contributed by atoms with Gasteiger partial charge in [0.2, 0.25) is 10.0 Å². The Labute approximate surface area is 180 Å². The number of nitrogens with zero attached hydrogens (tertiary/aromatic N) is 1. The molecule has 3 rings (SSSR count). The number of amides is 1. The molecule has 3 aromatic rings. The van der Waals surface area contributed by atoms with E-state index in [1.807, 2.05) is 0 Å². The lowest BCUT2D eigenvalue weighted by Crippen LogP contribution is -2.24. The number of nitrogens with two attached hydrogens (primary N) is 1. The quantitative estimate of drug-likeness (QED) is 0.413. The minimum Gasteiger partial charge on any atom is -0.267 e. The van der Waals surface area contributed by atoms with Crippen LogP contribution < -0.4 is 10.6 Å². The van der Waals surface area contributed by atoms with Crippen molar-refractivity contribution in [2.24, 2.45) is 10.2 Å². The summed E-state index contributed by atoms with van der Waals surface area (Å²) in [5, 5.41) is 9.09. The third kappa shape index (κ3) is 5.85. The lowest BCUT2D eigenvalue weighted by atomic mass is 10.1. The van der Waals surface area contributed by atoms with Gasteiger partial charge in [-0.1, -0.05) is 48.5 Å². The van der Waals surface area contributed by atoms with E-state index < -0.39 is 31.5 Å². The van der Waals surface area contributed by atoms with Crippen LogP contribution in [0.5, 0.6) is 0 Å². The minimum absolute atomic E-state index is 0.133. The largest absolute Gasteiger partial charge is 0.271 e. The van der Waals surface area contributed by atoms with Gasteiger partial charge in [0, 0.05) is 5.56 Å². The molecule has 160 valence electrons. The van der Waals surface area contributed by atoms with Gasteiger partial charge < -0.3 is 0 Å². The maximum absolute atomic E-state index is 12.8. The first-order chi connectivity index (χ1) is 14.7. The second-order valence-corrected chi connectivity index (χ2v) is 10.1. The number of hydrazone groups is 1. The molecule has 0 spiro atoms. The van der Waals surface area contributed by atoms with Crippen molar-refractivity contribution in [3.8, 4) is 0 Å². The number of rotatable bonds is 7. The lowest BCUT2D eigenvalue weighted by molar-refractivity contribution is 0.0954. The van der Waals surface area contributed by atoms with E-state index in [9.17, 15) is 21.6 Å². The Morgan fingerprint density at radius 1 is 0.742 bits per heavy atom. The first-order valence-corrected chi connectivity index (χ1v) is 12.2. The zero-order chi connectivity index (χ0) is 22.5. The van der Waals surface area contributed by atoms with E-state index in [1.165, 1.54) is 36.4 Å². The topological polar surface area (TPSA) is 136 Å². The Hall–Kier alpha value is -3.34. The molecule has 10 heteroatoms. The minimum atomic E-state index is -3.88. The molecule has 0 heterocycles. The summed E-state index contributed by atoms with van der Waals surface area (Å²) in [4.78, 5) is 12.4. The summed E-state index contributed by atoms with van der Waals surface area (Å²) >= 11 is 0. The standard InChI is InChI=1S/C21H19N3O5S2/c22-31(28,29)19-13-11-17(12-14-19)21(25)24-23-20(16-7-3-1-4-8-16)15-30(26,27)18-9-5-2-6-10-18/h1-14H,15H2,(H,24,25)(H2,22,28,29)/b23-20-. The molecule has 3 aromatic carbocycles.